The number of allylic oxidation sites excluding steroid dienone is 2. The van der Waals surface area contributed by atoms with Crippen molar-refractivity contribution in [1.82, 2.24) is 0 Å². The largest absolute Gasteiger partial charge is 1.00 e. The van der Waals surface area contributed by atoms with Crippen LogP contribution in [0.4, 0.5) is 0 Å². The molecule has 2 atom stereocenters. The zero-order valence-corrected chi connectivity index (χ0v) is 30.5. The molecule has 2 unspecified atom stereocenters. The summed E-state index contributed by atoms with van der Waals surface area (Å²) in [5, 5.41) is 0. The number of rotatable bonds is 6. The second-order valence-corrected chi connectivity index (χ2v) is 17.6. The Morgan fingerprint density at radius 1 is 0.467 bits per heavy atom. The summed E-state index contributed by atoms with van der Waals surface area (Å²) in [5.41, 5.74) is 14.3. The molecule has 2 heterocycles. The van der Waals surface area contributed by atoms with E-state index < -0.39 is 23.2 Å². The van der Waals surface area contributed by atoms with Crippen LogP contribution in [0.3, 0.4) is 0 Å². The van der Waals surface area contributed by atoms with Crippen molar-refractivity contribution in [2.45, 2.75) is 21.1 Å². The van der Waals surface area contributed by atoms with E-state index in [9.17, 15) is 0 Å². The monoisotopic (exact) mass is 734 g/mol. The van der Waals surface area contributed by atoms with Crippen LogP contribution in [0.5, 0.6) is 0 Å². The van der Waals surface area contributed by atoms with Gasteiger partial charge in [-0.3, -0.25) is 0 Å². The number of benzene rings is 4. The molecule has 6 aromatic rings. The van der Waals surface area contributed by atoms with Crippen molar-refractivity contribution >= 4 is 46.0 Å². The Hall–Kier alpha value is -2.78. The molecule has 4 aromatic carbocycles. The van der Waals surface area contributed by atoms with Crippen LogP contribution in [-0.4, -0.2) is 0 Å². The van der Waals surface area contributed by atoms with Crippen LogP contribution in [0.1, 0.15) is 49.0 Å². The number of hydrogen-bond donors (Lipinski definition) is 0. The van der Waals surface area contributed by atoms with Gasteiger partial charge in [0, 0.05) is 0 Å². The summed E-state index contributed by atoms with van der Waals surface area (Å²) in [6.45, 7) is 4.47. The smallest absolute Gasteiger partial charge is 1.00 e. The molecule has 0 aliphatic heterocycles. The second kappa shape index (κ2) is 13.5. The van der Waals surface area contributed by atoms with Crippen LogP contribution in [-0.2, 0) is 23.2 Å². The van der Waals surface area contributed by atoms with Crippen LogP contribution >= 0.6 is 22.7 Å². The maximum atomic E-state index is 2.55. The molecule has 0 fully saturated rings. The summed E-state index contributed by atoms with van der Waals surface area (Å²) in [6.07, 6.45) is 5.09. The molecule has 0 amide bonds. The van der Waals surface area contributed by atoms with Gasteiger partial charge in [-0.05, 0) is 0 Å². The summed E-state index contributed by atoms with van der Waals surface area (Å²) in [5.74, 6) is 0. The van der Waals surface area contributed by atoms with E-state index in [1.165, 1.54) is 75.2 Å². The molecule has 0 N–H and O–H groups in total. The Morgan fingerprint density at radius 2 is 0.889 bits per heavy atom. The van der Waals surface area contributed by atoms with E-state index in [0.29, 0.717) is 7.25 Å². The number of fused-ring (bicyclic) bond motifs is 2. The Morgan fingerprint density at radius 3 is 1.27 bits per heavy atom. The van der Waals surface area contributed by atoms with Crippen molar-refractivity contribution in [3.63, 3.8) is 0 Å². The Labute approximate surface area is 298 Å². The van der Waals surface area contributed by atoms with E-state index in [1.807, 2.05) is 22.7 Å². The van der Waals surface area contributed by atoms with Gasteiger partial charge in [0.1, 0.15) is 0 Å². The Balaban J connectivity index is 0.00000179. The normalized spacial score (nSPS) is 16.0. The van der Waals surface area contributed by atoms with Gasteiger partial charge in [-0.2, -0.15) is 0 Å². The van der Waals surface area contributed by atoms with Crippen molar-refractivity contribution in [2.24, 2.45) is 0 Å². The van der Waals surface area contributed by atoms with Crippen molar-refractivity contribution in [3.05, 3.63) is 163 Å². The number of aryl methyl sites for hydroxylation is 2. The zero-order valence-electron chi connectivity index (χ0n) is 24.9. The first-order valence-corrected chi connectivity index (χ1v) is 19.3. The number of hydrogen-bond acceptors (Lipinski definition) is 2. The van der Waals surface area contributed by atoms with Gasteiger partial charge in [-0.1, -0.05) is 0 Å². The van der Waals surface area contributed by atoms with E-state index in [-0.39, 0.29) is 24.8 Å². The van der Waals surface area contributed by atoms with Gasteiger partial charge in [-0.15, -0.1) is 0 Å². The van der Waals surface area contributed by atoms with Crippen molar-refractivity contribution in [1.29, 1.82) is 0 Å². The fraction of sp³-hybridized carbons (Fsp3) is 0.100. The number of thiophene rings is 2. The van der Waals surface area contributed by atoms with E-state index in [1.54, 1.807) is 0 Å². The number of halogens is 2. The SMILES string of the molecule is Cc1ccc(C2=Cc3c(-c4ccccc4)cccc3[CH]2[Zr+2][CH]2C(c3ccc(C)s3)=Cc3c(-c4ccccc4)cccc32)s1.[Cl-].[Cl-]. The second-order valence-electron chi connectivity index (χ2n) is 11.4. The molecule has 5 heteroatoms. The molecule has 2 aromatic heterocycles. The molecular weight excluding hydrogens is 707 g/mol. The van der Waals surface area contributed by atoms with E-state index in [2.05, 4.69) is 147 Å². The maximum Gasteiger partial charge on any atom is -1.00 e. The predicted octanol–water partition coefficient (Wildman–Crippen LogP) is 5.74. The van der Waals surface area contributed by atoms with Gasteiger partial charge in [0.05, 0.1) is 0 Å². The molecule has 45 heavy (non-hydrogen) atoms. The van der Waals surface area contributed by atoms with E-state index in [0.717, 1.165) is 0 Å². The molecule has 0 saturated carbocycles. The van der Waals surface area contributed by atoms with Crippen LogP contribution in [0, 0.1) is 13.8 Å². The molecule has 0 nitrogen and oxygen atoms in total. The van der Waals surface area contributed by atoms with Gasteiger partial charge in [0.2, 0.25) is 0 Å². The molecular formula is C40H30Cl2S2Zr. The van der Waals surface area contributed by atoms with Gasteiger partial charge in [-0.25, -0.2) is 0 Å². The summed E-state index contributed by atoms with van der Waals surface area (Å²) in [6, 6.07) is 45.2. The van der Waals surface area contributed by atoms with Crippen LogP contribution in [0.2, 0.25) is 0 Å². The quantitative estimate of drug-likeness (QED) is 0.205. The minimum Gasteiger partial charge on any atom is -1.00 e. The zero-order chi connectivity index (χ0) is 28.9. The van der Waals surface area contributed by atoms with Gasteiger partial charge >= 0.3 is 276 Å². The first-order chi connectivity index (χ1) is 21.1. The Bertz CT molecular complexity index is 1890. The molecule has 0 spiro atoms. The topological polar surface area (TPSA) is 0 Å². The van der Waals surface area contributed by atoms with E-state index >= 15 is 0 Å². The average Bonchev–Trinajstić information content (AvgIpc) is 3.84. The molecule has 0 bridgehead atoms. The third-order valence-electron chi connectivity index (χ3n) is 8.68. The molecule has 2 aliphatic rings. The molecule has 0 saturated heterocycles. The van der Waals surface area contributed by atoms with Gasteiger partial charge in [0.15, 0.2) is 0 Å². The van der Waals surface area contributed by atoms with Crippen molar-refractivity contribution < 1.29 is 48.0 Å². The fourth-order valence-electron chi connectivity index (χ4n) is 6.68. The van der Waals surface area contributed by atoms with Crippen molar-refractivity contribution in [3.8, 4) is 22.3 Å². The standard InChI is InChI=1S/2C20H15S.2ClH.Zr/c2*1-14-10-11-20(21-14)17-12-16-8-5-9-18(19(16)13-17)15-6-3-2-4-7-15;;;/h2*2-13H,1H3;2*1H;/q;;;;+2/p-2. The van der Waals surface area contributed by atoms with E-state index in [4.69, 9.17) is 0 Å². The fourth-order valence-corrected chi connectivity index (χ4v) is 14.0. The third kappa shape index (κ3) is 5.95. The molecule has 0 radical (unpaired) electrons. The van der Waals surface area contributed by atoms with Crippen LogP contribution in [0.25, 0.3) is 45.6 Å². The van der Waals surface area contributed by atoms with Gasteiger partial charge < -0.3 is 24.8 Å². The van der Waals surface area contributed by atoms with Crippen molar-refractivity contribution in [2.75, 3.05) is 0 Å². The third-order valence-corrected chi connectivity index (χ3v) is 15.5. The molecule has 8 rings (SSSR count). The molecule has 2 aliphatic carbocycles. The predicted molar refractivity (Wildman–Crippen MR) is 183 cm³/mol. The average molecular weight is 737 g/mol. The summed E-state index contributed by atoms with van der Waals surface area (Å²) < 4.78 is 0.974. The minimum atomic E-state index is -1.13. The first-order valence-electron chi connectivity index (χ1n) is 14.8. The summed E-state index contributed by atoms with van der Waals surface area (Å²) >= 11 is 2.77. The first kappa shape index (κ1) is 32.2. The van der Waals surface area contributed by atoms with Crippen LogP contribution in [0.15, 0.2) is 121 Å². The summed E-state index contributed by atoms with van der Waals surface area (Å²) in [4.78, 5) is 5.64. The maximum absolute atomic E-state index is 2.55. The minimum absolute atomic E-state index is 0. The Kier molecular flexibility index (Phi) is 9.67. The van der Waals surface area contributed by atoms with Crippen LogP contribution < -0.4 is 24.8 Å². The van der Waals surface area contributed by atoms with Gasteiger partial charge in [0.25, 0.3) is 0 Å². The molecule has 220 valence electrons. The summed E-state index contributed by atoms with van der Waals surface area (Å²) in [7, 11) is 0.